The van der Waals surface area contributed by atoms with Crippen LogP contribution < -0.4 is 29.6 Å². The van der Waals surface area contributed by atoms with Crippen LogP contribution in [0.1, 0.15) is 1.43 Å². The molecule has 0 heterocycles. The summed E-state index contributed by atoms with van der Waals surface area (Å²) in [5.74, 6) is 0.503. The summed E-state index contributed by atoms with van der Waals surface area (Å²) in [5, 5.41) is 0. The van der Waals surface area contributed by atoms with Crippen molar-refractivity contribution >= 4 is 23.2 Å². The fraction of sp³-hybridized carbons (Fsp3) is 0.333. The van der Waals surface area contributed by atoms with Gasteiger partial charge in [-0.1, -0.05) is 17.7 Å². The SMILES string of the molecule is ClC=CCCl.[H-].[Na+]. The van der Waals surface area contributed by atoms with Gasteiger partial charge in [0.25, 0.3) is 0 Å². The Morgan fingerprint density at radius 2 is 2.17 bits per heavy atom. The Labute approximate surface area is 71.3 Å². The van der Waals surface area contributed by atoms with Gasteiger partial charge in [0, 0.05) is 11.4 Å². The maximum atomic E-state index is 5.13. The monoisotopic (exact) mass is 134 g/mol. The number of allylic oxidation sites excluding steroid dienone is 1. The zero-order valence-corrected chi connectivity index (χ0v) is 7.13. The number of hydrogen-bond donors (Lipinski definition) is 0. The molecule has 0 fully saturated rings. The molecule has 0 rings (SSSR count). The predicted molar refractivity (Wildman–Crippen MR) is 26.8 cm³/mol. The Balaban J connectivity index is -0.0000000800. The summed E-state index contributed by atoms with van der Waals surface area (Å²) in [7, 11) is 0. The van der Waals surface area contributed by atoms with Gasteiger partial charge in [-0.05, 0) is 0 Å². The van der Waals surface area contributed by atoms with Crippen molar-refractivity contribution < 1.29 is 31.0 Å². The van der Waals surface area contributed by atoms with Gasteiger partial charge in [0.15, 0.2) is 0 Å². The molecule has 0 unspecified atom stereocenters. The van der Waals surface area contributed by atoms with Crippen LogP contribution in [0.3, 0.4) is 0 Å². The van der Waals surface area contributed by atoms with Crippen LogP contribution in [-0.2, 0) is 0 Å². The molecule has 0 N–H and O–H groups in total. The van der Waals surface area contributed by atoms with Gasteiger partial charge in [0.2, 0.25) is 0 Å². The van der Waals surface area contributed by atoms with Gasteiger partial charge in [-0.3, -0.25) is 0 Å². The first-order chi connectivity index (χ1) is 2.41. The van der Waals surface area contributed by atoms with Crippen molar-refractivity contribution in [2.75, 3.05) is 5.88 Å². The molecule has 0 aromatic carbocycles. The van der Waals surface area contributed by atoms with Crippen LogP contribution in [-0.4, -0.2) is 5.88 Å². The van der Waals surface area contributed by atoms with E-state index >= 15 is 0 Å². The fourth-order valence-electron chi connectivity index (χ4n) is 0.0337. The van der Waals surface area contributed by atoms with Crippen LogP contribution in [0.5, 0.6) is 0 Å². The number of rotatable bonds is 1. The molecule has 3 heteroatoms. The van der Waals surface area contributed by atoms with Gasteiger partial charge < -0.3 is 1.43 Å². The molecular weight excluding hydrogens is 130 g/mol. The van der Waals surface area contributed by atoms with E-state index < -0.39 is 0 Å². The topological polar surface area (TPSA) is 0 Å². The smallest absolute Gasteiger partial charge is 1.00 e. The van der Waals surface area contributed by atoms with E-state index in [1.807, 2.05) is 0 Å². The second-order valence-corrected chi connectivity index (χ2v) is 1.08. The molecule has 0 radical (unpaired) electrons. The predicted octanol–water partition coefficient (Wildman–Crippen LogP) is -0.906. The van der Waals surface area contributed by atoms with Gasteiger partial charge in [-0.25, -0.2) is 0 Å². The Bertz CT molecular complexity index is 39.9. The molecule has 0 aromatic rings. The molecule has 0 atom stereocenters. The second kappa shape index (κ2) is 9.58. The summed E-state index contributed by atoms with van der Waals surface area (Å²) in [5.41, 5.74) is 1.40. The van der Waals surface area contributed by atoms with E-state index in [1.165, 1.54) is 5.54 Å². The Hall–Kier alpha value is 1.32. The molecule has 0 spiro atoms. The van der Waals surface area contributed by atoms with Crippen molar-refractivity contribution in [3.8, 4) is 0 Å². The first-order valence-electron chi connectivity index (χ1n) is 1.23. The normalized spacial score (nSPS) is 8.33. The molecule has 0 nitrogen and oxygen atoms in total. The first kappa shape index (κ1) is 10.3. The van der Waals surface area contributed by atoms with Crippen LogP contribution >= 0.6 is 23.2 Å². The minimum atomic E-state index is 0. The third-order valence-corrected chi connectivity index (χ3v) is 0.535. The number of hydrogen-bond acceptors (Lipinski definition) is 0. The average molecular weight is 135 g/mol. The Morgan fingerprint density at radius 3 is 2.17 bits per heavy atom. The molecule has 0 aliphatic rings. The molecular formula is C3H5Cl2Na. The third kappa shape index (κ3) is 9.01. The van der Waals surface area contributed by atoms with Crippen LogP contribution in [0.25, 0.3) is 0 Å². The maximum absolute atomic E-state index is 5.13. The van der Waals surface area contributed by atoms with Crippen molar-refractivity contribution in [1.82, 2.24) is 0 Å². The summed E-state index contributed by atoms with van der Waals surface area (Å²) in [4.78, 5) is 0. The van der Waals surface area contributed by atoms with Crippen LogP contribution in [0.4, 0.5) is 0 Å². The zero-order chi connectivity index (χ0) is 4.12. The summed E-state index contributed by atoms with van der Waals surface area (Å²) >= 11 is 10.2. The van der Waals surface area contributed by atoms with E-state index in [1.54, 1.807) is 6.08 Å². The molecule has 0 aliphatic heterocycles. The molecule has 0 aliphatic carbocycles. The largest absolute Gasteiger partial charge is 1.00 e. The second-order valence-electron chi connectivity index (χ2n) is 0.516. The first-order valence-corrected chi connectivity index (χ1v) is 2.20. The quantitative estimate of drug-likeness (QED) is 0.322. The minimum Gasteiger partial charge on any atom is -1.00 e. The zero-order valence-electron chi connectivity index (χ0n) is 4.62. The van der Waals surface area contributed by atoms with Crippen molar-refractivity contribution in [3.63, 3.8) is 0 Å². The molecule has 32 valence electrons. The van der Waals surface area contributed by atoms with E-state index in [0.29, 0.717) is 5.88 Å². The summed E-state index contributed by atoms with van der Waals surface area (Å²) in [6.07, 6.45) is 1.66. The number of alkyl halides is 1. The summed E-state index contributed by atoms with van der Waals surface area (Å²) < 4.78 is 0. The van der Waals surface area contributed by atoms with E-state index in [4.69, 9.17) is 23.2 Å². The Morgan fingerprint density at radius 1 is 1.67 bits per heavy atom. The third-order valence-electron chi connectivity index (χ3n) is 0.178. The van der Waals surface area contributed by atoms with E-state index in [0.717, 1.165) is 0 Å². The van der Waals surface area contributed by atoms with Crippen LogP contribution in [0.15, 0.2) is 11.6 Å². The average Bonchev–Trinajstić information content (AvgIpc) is 1.41. The van der Waals surface area contributed by atoms with Gasteiger partial charge in [-0.15, -0.1) is 11.6 Å². The molecule has 0 saturated carbocycles. The van der Waals surface area contributed by atoms with Crippen molar-refractivity contribution in [2.45, 2.75) is 0 Å². The molecule has 0 amide bonds. The minimum absolute atomic E-state index is 0. The summed E-state index contributed by atoms with van der Waals surface area (Å²) in [6.45, 7) is 0. The van der Waals surface area contributed by atoms with Crippen LogP contribution in [0, 0.1) is 0 Å². The number of halogens is 2. The van der Waals surface area contributed by atoms with E-state index in [2.05, 4.69) is 0 Å². The fourth-order valence-corrected chi connectivity index (χ4v) is 0.303. The van der Waals surface area contributed by atoms with Crippen molar-refractivity contribution in [3.05, 3.63) is 11.6 Å². The molecule has 0 aromatic heterocycles. The summed E-state index contributed by atoms with van der Waals surface area (Å²) in [6, 6.07) is 0. The van der Waals surface area contributed by atoms with Crippen LogP contribution in [0.2, 0.25) is 0 Å². The standard InChI is InChI=1S/C3H4Cl2.Na.H/c4-2-1-3-5;;/h1-2H,3H2;;/q;+1;-1. The van der Waals surface area contributed by atoms with Crippen molar-refractivity contribution in [1.29, 1.82) is 0 Å². The van der Waals surface area contributed by atoms with E-state index in [9.17, 15) is 0 Å². The maximum Gasteiger partial charge on any atom is 1.00 e. The van der Waals surface area contributed by atoms with Gasteiger partial charge in [0.1, 0.15) is 0 Å². The van der Waals surface area contributed by atoms with E-state index in [-0.39, 0.29) is 31.0 Å². The molecule has 0 saturated heterocycles. The molecule has 6 heavy (non-hydrogen) atoms. The molecule has 0 bridgehead atoms. The Kier molecular flexibility index (Phi) is 16.5. The van der Waals surface area contributed by atoms with Gasteiger partial charge >= 0.3 is 29.6 Å². The van der Waals surface area contributed by atoms with Crippen molar-refractivity contribution in [2.24, 2.45) is 0 Å². The van der Waals surface area contributed by atoms with Gasteiger partial charge in [0.05, 0.1) is 0 Å². The van der Waals surface area contributed by atoms with Gasteiger partial charge in [-0.2, -0.15) is 0 Å².